The van der Waals surface area contributed by atoms with Gasteiger partial charge in [0.2, 0.25) is 0 Å². The lowest BCUT2D eigenvalue weighted by Gasteiger charge is -2.11. The summed E-state index contributed by atoms with van der Waals surface area (Å²) in [6.45, 7) is 4.98. The summed E-state index contributed by atoms with van der Waals surface area (Å²) in [6, 6.07) is 14.4. The molecule has 0 aliphatic rings. The molecular formula is C16H19NO. The van der Waals surface area contributed by atoms with Gasteiger partial charge in [-0.3, -0.25) is 0 Å². The van der Waals surface area contributed by atoms with Gasteiger partial charge >= 0.3 is 0 Å². The molecule has 0 fully saturated rings. The molecule has 2 nitrogen and oxygen atoms in total. The molecule has 0 amide bonds. The summed E-state index contributed by atoms with van der Waals surface area (Å²) in [5.41, 5.74) is 3.58. The predicted molar refractivity (Wildman–Crippen MR) is 75.2 cm³/mol. The maximum Gasteiger partial charge on any atom is 0.130 e. The number of hydrogen-bond acceptors (Lipinski definition) is 2. The van der Waals surface area contributed by atoms with Crippen LogP contribution in [-0.4, -0.2) is 7.05 Å². The fourth-order valence-electron chi connectivity index (χ4n) is 1.87. The molecular weight excluding hydrogens is 222 g/mol. The van der Waals surface area contributed by atoms with Crippen molar-refractivity contribution in [3.8, 4) is 11.5 Å². The van der Waals surface area contributed by atoms with Crippen LogP contribution in [0.1, 0.15) is 16.7 Å². The van der Waals surface area contributed by atoms with E-state index >= 15 is 0 Å². The van der Waals surface area contributed by atoms with Gasteiger partial charge in [-0.15, -0.1) is 0 Å². The van der Waals surface area contributed by atoms with Crippen LogP contribution in [-0.2, 0) is 6.54 Å². The van der Waals surface area contributed by atoms with Crippen LogP contribution in [0.25, 0.3) is 0 Å². The van der Waals surface area contributed by atoms with Gasteiger partial charge in [-0.2, -0.15) is 0 Å². The SMILES string of the molecule is CNCc1ccc(C)c(Oc2cccc(C)c2)c1. The zero-order chi connectivity index (χ0) is 13.0. The Labute approximate surface area is 109 Å². The van der Waals surface area contributed by atoms with Crippen molar-refractivity contribution >= 4 is 0 Å². The Morgan fingerprint density at radius 3 is 2.61 bits per heavy atom. The van der Waals surface area contributed by atoms with Gasteiger partial charge in [-0.25, -0.2) is 0 Å². The molecule has 0 radical (unpaired) electrons. The van der Waals surface area contributed by atoms with Crippen molar-refractivity contribution < 1.29 is 4.74 Å². The fraction of sp³-hybridized carbons (Fsp3) is 0.250. The number of hydrogen-bond donors (Lipinski definition) is 1. The minimum Gasteiger partial charge on any atom is -0.457 e. The largest absolute Gasteiger partial charge is 0.457 e. The second-order valence-electron chi connectivity index (χ2n) is 4.55. The predicted octanol–water partition coefficient (Wildman–Crippen LogP) is 3.82. The van der Waals surface area contributed by atoms with Crippen LogP contribution in [0.15, 0.2) is 42.5 Å². The van der Waals surface area contributed by atoms with Crippen molar-refractivity contribution in [3.05, 3.63) is 59.2 Å². The molecule has 0 spiro atoms. The molecule has 0 saturated carbocycles. The summed E-state index contributed by atoms with van der Waals surface area (Å²) in [7, 11) is 1.95. The third kappa shape index (κ3) is 3.11. The van der Waals surface area contributed by atoms with E-state index in [0.717, 1.165) is 23.6 Å². The number of benzene rings is 2. The monoisotopic (exact) mass is 241 g/mol. The summed E-state index contributed by atoms with van der Waals surface area (Å²) in [5, 5.41) is 3.15. The van der Waals surface area contributed by atoms with Crippen molar-refractivity contribution in [2.45, 2.75) is 20.4 Å². The molecule has 0 atom stereocenters. The summed E-state index contributed by atoms with van der Waals surface area (Å²) in [5.74, 6) is 1.81. The van der Waals surface area contributed by atoms with Crippen molar-refractivity contribution in [3.63, 3.8) is 0 Å². The van der Waals surface area contributed by atoms with Gasteiger partial charge in [0.15, 0.2) is 0 Å². The first-order chi connectivity index (χ1) is 8.69. The third-order valence-corrected chi connectivity index (χ3v) is 2.85. The van der Waals surface area contributed by atoms with Crippen LogP contribution in [0.2, 0.25) is 0 Å². The highest BCUT2D eigenvalue weighted by atomic mass is 16.5. The van der Waals surface area contributed by atoms with Crippen LogP contribution in [0, 0.1) is 13.8 Å². The molecule has 0 aliphatic carbocycles. The van der Waals surface area contributed by atoms with E-state index in [0.29, 0.717) is 0 Å². The first-order valence-corrected chi connectivity index (χ1v) is 6.17. The summed E-state index contributed by atoms with van der Waals surface area (Å²) >= 11 is 0. The lowest BCUT2D eigenvalue weighted by Crippen LogP contribution is -2.05. The lowest BCUT2D eigenvalue weighted by atomic mass is 10.1. The van der Waals surface area contributed by atoms with Crippen molar-refractivity contribution in [1.29, 1.82) is 0 Å². The number of rotatable bonds is 4. The van der Waals surface area contributed by atoms with Crippen LogP contribution in [0.5, 0.6) is 11.5 Å². The second kappa shape index (κ2) is 5.69. The molecule has 0 aliphatic heterocycles. The van der Waals surface area contributed by atoms with E-state index in [1.54, 1.807) is 0 Å². The number of nitrogens with one attached hydrogen (secondary N) is 1. The molecule has 0 unspecified atom stereocenters. The van der Waals surface area contributed by atoms with Crippen molar-refractivity contribution in [2.24, 2.45) is 0 Å². The topological polar surface area (TPSA) is 21.3 Å². The van der Waals surface area contributed by atoms with E-state index in [9.17, 15) is 0 Å². The van der Waals surface area contributed by atoms with E-state index in [1.807, 2.05) is 25.2 Å². The first kappa shape index (κ1) is 12.7. The van der Waals surface area contributed by atoms with Crippen molar-refractivity contribution in [2.75, 3.05) is 7.05 Å². The standard InChI is InChI=1S/C16H19NO/c1-12-5-4-6-15(9-12)18-16-10-14(11-17-3)8-7-13(16)2/h4-10,17H,11H2,1-3H3. The number of aryl methyl sites for hydroxylation is 2. The lowest BCUT2D eigenvalue weighted by molar-refractivity contribution is 0.477. The van der Waals surface area contributed by atoms with Crippen LogP contribution in [0.4, 0.5) is 0 Å². The summed E-state index contributed by atoms with van der Waals surface area (Å²) in [6.07, 6.45) is 0. The maximum atomic E-state index is 5.95. The van der Waals surface area contributed by atoms with Gasteiger partial charge in [0.25, 0.3) is 0 Å². The highest BCUT2D eigenvalue weighted by molar-refractivity contribution is 5.40. The van der Waals surface area contributed by atoms with E-state index in [1.165, 1.54) is 11.1 Å². The Morgan fingerprint density at radius 2 is 1.89 bits per heavy atom. The normalized spacial score (nSPS) is 10.4. The number of ether oxygens (including phenoxy) is 1. The molecule has 2 aromatic carbocycles. The molecule has 2 heteroatoms. The van der Waals surface area contributed by atoms with Gasteiger partial charge in [0.05, 0.1) is 0 Å². The van der Waals surface area contributed by atoms with Gasteiger partial charge in [0.1, 0.15) is 11.5 Å². The Kier molecular flexibility index (Phi) is 4.00. The third-order valence-electron chi connectivity index (χ3n) is 2.85. The summed E-state index contributed by atoms with van der Waals surface area (Å²) < 4.78 is 5.95. The van der Waals surface area contributed by atoms with E-state index in [2.05, 4.69) is 43.4 Å². The van der Waals surface area contributed by atoms with Gasteiger partial charge in [-0.05, 0) is 55.8 Å². The average Bonchev–Trinajstić information content (AvgIpc) is 2.34. The van der Waals surface area contributed by atoms with Crippen LogP contribution in [0.3, 0.4) is 0 Å². The fourth-order valence-corrected chi connectivity index (χ4v) is 1.87. The van der Waals surface area contributed by atoms with Crippen LogP contribution < -0.4 is 10.1 Å². The van der Waals surface area contributed by atoms with Gasteiger partial charge in [0, 0.05) is 6.54 Å². The van der Waals surface area contributed by atoms with E-state index < -0.39 is 0 Å². The average molecular weight is 241 g/mol. The Bertz CT molecular complexity index is 534. The van der Waals surface area contributed by atoms with Gasteiger partial charge < -0.3 is 10.1 Å². The molecule has 0 aromatic heterocycles. The Morgan fingerprint density at radius 1 is 1.06 bits per heavy atom. The van der Waals surface area contributed by atoms with Crippen LogP contribution >= 0.6 is 0 Å². The summed E-state index contributed by atoms with van der Waals surface area (Å²) in [4.78, 5) is 0. The molecule has 2 rings (SSSR count). The van der Waals surface area contributed by atoms with Crippen molar-refractivity contribution in [1.82, 2.24) is 5.32 Å². The minimum atomic E-state index is 0.852. The minimum absolute atomic E-state index is 0.852. The maximum absolute atomic E-state index is 5.95. The molecule has 0 bridgehead atoms. The molecule has 2 aromatic rings. The quantitative estimate of drug-likeness (QED) is 0.878. The van der Waals surface area contributed by atoms with Gasteiger partial charge in [-0.1, -0.05) is 24.3 Å². The Balaban J connectivity index is 2.25. The zero-order valence-corrected chi connectivity index (χ0v) is 11.2. The molecule has 94 valence electrons. The Hall–Kier alpha value is -1.80. The highest BCUT2D eigenvalue weighted by Crippen LogP contribution is 2.26. The molecule has 0 heterocycles. The molecule has 1 N–H and O–H groups in total. The second-order valence-corrected chi connectivity index (χ2v) is 4.55. The smallest absolute Gasteiger partial charge is 0.130 e. The molecule has 18 heavy (non-hydrogen) atoms. The zero-order valence-electron chi connectivity index (χ0n) is 11.2. The highest BCUT2D eigenvalue weighted by Gasteiger charge is 2.03. The molecule has 0 saturated heterocycles. The van der Waals surface area contributed by atoms with E-state index in [-0.39, 0.29) is 0 Å². The van der Waals surface area contributed by atoms with E-state index in [4.69, 9.17) is 4.74 Å². The first-order valence-electron chi connectivity index (χ1n) is 6.17.